The molecule has 5 nitrogen and oxygen atoms in total. The Hall–Kier alpha value is -1.85. The molecule has 0 amide bonds. The van der Waals surface area contributed by atoms with E-state index in [-0.39, 0.29) is 5.56 Å². The van der Waals surface area contributed by atoms with Crippen molar-refractivity contribution in [3.63, 3.8) is 0 Å². The van der Waals surface area contributed by atoms with E-state index in [4.69, 9.17) is 4.42 Å². The van der Waals surface area contributed by atoms with Gasteiger partial charge in [0.1, 0.15) is 5.76 Å². The monoisotopic (exact) mass is 341 g/mol. The largest absolute Gasteiger partial charge is 0.468 e. The minimum Gasteiger partial charge on any atom is -0.468 e. The van der Waals surface area contributed by atoms with Gasteiger partial charge in [-0.15, -0.1) is 0 Å². The van der Waals surface area contributed by atoms with Crippen molar-refractivity contribution in [2.45, 2.75) is 38.8 Å². The van der Waals surface area contributed by atoms with Gasteiger partial charge in [-0.2, -0.15) is 0 Å². The highest BCUT2D eigenvalue weighted by Crippen LogP contribution is 2.17. The van der Waals surface area contributed by atoms with Gasteiger partial charge in [0.25, 0.3) is 5.56 Å². The van der Waals surface area contributed by atoms with Gasteiger partial charge in [-0.3, -0.25) is 9.69 Å². The van der Waals surface area contributed by atoms with Crippen LogP contribution in [-0.2, 0) is 25.9 Å². The number of pyridine rings is 1. The summed E-state index contributed by atoms with van der Waals surface area (Å²) in [5.41, 5.74) is 2.73. The maximum atomic E-state index is 12.5. The number of fused-ring (bicyclic) bond motifs is 1. The number of furan rings is 1. The van der Waals surface area contributed by atoms with Crippen molar-refractivity contribution in [1.29, 1.82) is 0 Å². The third-order valence-electron chi connectivity index (χ3n) is 5.55. The third kappa shape index (κ3) is 3.88. The molecular weight excluding hydrogens is 314 g/mol. The first-order chi connectivity index (χ1) is 12.3. The van der Waals surface area contributed by atoms with E-state index in [1.54, 1.807) is 12.3 Å². The maximum Gasteiger partial charge on any atom is 0.250 e. The second-order valence-corrected chi connectivity index (χ2v) is 7.20. The highest BCUT2D eigenvalue weighted by molar-refractivity contribution is 5.23. The molecule has 0 aliphatic carbocycles. The summed E-state index contributed by atoms with van der Waals surface area (Å²) in [5, 5.41) is 0. The van der Waals surface area contributed by atoms with Crippen molar-refractivity contribution < 1.29 is 4.42 Å². The molecule has 0 atom stereocenters. The predicted octanol–water partition coefficient (Wildman–Crippen LogP) is 2.14. The van der Waals surface area contributed by atoms with Crippen LogP contribution in [0.3, 0.4) is 0 Å². The van der Waals surface area contributed by atoms with Crippen LogP contribution < -0.4 is 5.56 Å². The molecule has 0 unspecified atom stereocenters. The van der Waals surface area contributed by atoms with Crippen molar-refractivity contribution in [1.82, 2.24) is 14.4 Å². The molecule has 2 aromatic heterocycles. The lowest BCUT2D eigenvalue weighted by atomic mass is 10.1. The molecule has 25 heavy (non-hydrogen) atoms. The summed E-state index contributed by atoms with van der Waals surface area (Å²) in [6, 6.07) is 7.77. The fraction of sp³-hybridized carbons (Fsp3) is 0.550. The molecule has 0 bridgehead atoms. The molecule has 1 saturated heterocycles. The van der Waals surface area contributed by atoms with E-state index in [1.165, 1.54) is 37.2 Å². The standard InChI is InChI=1S/C20H27N3O2/c24-20-6-5-17-7-11-22(16-18-4-3-15-25-18)12-8-19(17)23(20)14-13-21-9-1-2-10-21/h3-6,15H,1-2,7-14,16H2. The molecule has 0 N–H and O–H groups in total. The van der Waals surface area contributed by atoms with Crippen LogP contribution >= 0.6 is 0 Å². The zero-order valence-corrected chi connectivity index (χ0v) is 14.8. The Balaban J connectivity index is 1.47. The second-order valence-electron chi connectivity index (χ2n) is 7.20. The Morgan fingerprint density at radius 3 is 2.56 bits per heavy atom. The molecule has 0 saturated carbocycles. The quantitative estimate of drug-likeness (QED) is 0.836. The topological polar surface area (TPSA) is 41.6 Å². The summed E-state index contributed by atoms with van der Waals surface area (Å²) in [6.45, 7) is 7.01. The van der Waals surface area contributed by atoms with Crippen LogP contribution in [0.15, 0.2) is 39.7 Å². The molecular formula is C20H27N3O2. The van der Waals surface area contributed by atoms with Crippen LogP contribution in [0.5, 0.6) is 0 Å². The third-order valence-corrected chi connectivity index (χ3v) is 5.55. The lowest BCUT2D eigenvalue weighted by molar-refractivity contribution is 0.254. The molecule has 2 aromatic rings. The van der Waals surface area contributed by atoms with Crippen LogP contribution in [-0.4, -0.2) is 47.1 Å². The molecule has 5 heteroatoms. The lowest BCUT2D eigenvalue weighted by Crippen LogP contribution is -2.31. The Kier molecular flexibility index (Phi) is 5.04. The molecule has 1 fully saturated rings. The van der Waals surface area contributed by atoms with E-state index in [2.05, 4.69) is 9.80 Å². The van der Waals surface area contributed by atoms with Crippen LogP contribution in [0.1, 0.15) is 29.9 Å². The van der Waals surface area contributed by atoms with Gasteiger partial charge in [-0.25, -0.2) is 0 Å². The lowest BCUT2D eigenvalue weighted by Gasteiger charge is -2.19. The van der Waals surface area contributed by atoms with E-state index in [0.717, 1.165) is 51.3 Å². The van der Waals surface area contributed by atoms with E-state index in [0.29, 0.717) is 0 Å². The zero-order valence-electron chi connectivity index (χ0n) is 14.8. The van der Waals surface area contributed by atoms with Crippen LogP contribution in [0.2, 0.25) is 0 Å². The first-order valence-corrected chi connectivity index (χ1v) is 9.48. The Morgan fingerprint density at radius 1 is 0.920 bits per heavy atom. The van der Waals surface area contributed by atoms with Crippen LogP contribution in [0.4, 0.5) is 0 Å². The summed E-state index contributed by atoms with van der Waals surface area (Å²) >= 11 is 0. The molecule has 0 spiro atoms. The van der Waals surface area contributed by atoms with E-state index in [1.807, 2.05) is 22.8 Å². The summed E-state index contributed by atoms with van der Waals surface area (Å²) in [5.74, 6) is 1.01. The van der Waals surface area contributed by atoms with Crippen LogP contribution in [0.25, 0.3) is 0 Å². The number of likely N-dealkylation sites (tertiary alicyclic amines) is 1. The van der Waals surface area contributed by atoms with Gasteiger partial charge in [0, 0.05) is 44.4 Å². The molecule has 0 aromatic carbocycles. The number of aromatic nitrogens is 1. The Labute approximate surface area is 148 Å². The van der Waals surface area contributed by atoms with Gasteiger partial charge < -0.3 is 13.9 Å². The minimum atomic E-state index is 0.150. The summed E-state index contributed by atoms with van der Waals surface area (Å²) in [4.78, 5) is 17.4. The average Bonchev–Trinajstić information content (AvgIpc) is 3.27. The maximum absolute atomic E-state index is 12.5. The number of hydrogen-bond acceptors (Lipinski definition) is 4. The van der Waals surface area contributed by atoms with Gasteiger partial charge in [-0.1, -0.05) is 6.07 Å². The summed E-state index contributed by atoms with van der Waals surface area (Å²) in [6.07, 6.45) is 6.26. The SMILES string of the molecule is O=c1ccc2c(n1CCN1CCCC1)CCN(Cc1ccco1)CC2. The molecule has 4 heterocycles. The molecule has 2 aliphatic rings. The number of hydrogen-bond donors (Lipinski definition) is 0. The van der Waals surface area contributed by atoms with Crippen molar-refractivity contribution in [2.75, 3.05) is 32.7 Å². The van der Waals surface area contributed by atoms with Crippen molar-refractivity contribution >= 4 is 0 Å². The minimum absolute atomic E-state index is 0.150. The number of nitrogens with zero attached hydrogens (tertiary/aromatic N) is 3. The highest BCUT2D eigenvalue weighted by atomic mass is 16.3. The number of rotatable bonds is 5. The Bertz CT molecular complexity index is 745. The van der Waals surface area contributed by atoms with Crippen molar-refractivity contribution in [3.05, 3.63) is 57.9 Å². The summed E-state index contributed by atoms with van der Waals surface area (Å²) in [7, 11) is 0. The smallest absolute Gasteiger partial charge is 0.250 e. The zero-order chi connectivity index (χ0) is 17.1. The van der Waals surface area contributed by atoms with E-state index < -0.39 is 0 Å². The van der Waals surface area contributed by atoms with Crippen molar-refractivity contribution in [2.24, 2.45) is 0 Å². The van der Waals surface area contributed by atoms with Gasteiger partial charge >= 0.3 is 0 Å². The molecule has 4 rings (SSSR count). The van der Waals surface area contributed by atoms with E-state index in [9.17, 15) is 4.79 Å². The predicted molar refractivity (Wildman–Crippen MR) is 97.8 cm³/mol. The van der Waals surface area contributed by atoms with E-state index >= 15 is 0 Å². The van der Waals surface area contributed by atoms with Crippen molar-refractivity contribution in [3.8, 4) is 0 Å². The van der Waals surface area contributed by atoms with Crippen LogP contribution in [0, 0.1) is 0 Å². The van der Waals surface area contributed by atoms with Gasteiger partial charge in [0.15, 0.2) is 0 Å². The summed E-state index contributed by atoms with van der Waals surface area (Å²) < 4.78 is 7.52. The fourth-order valence-electron chi connectivity index (χ4n) is 4.12. The Morgan fingerprint density at radius 2 is 1.76 bits per heavy atom. The fourth-order valence-corrected chi connectivity index (χ4v) is 4.12. The first kappa shape index (κ1) is 16.6. The first-order valence-electron chi connectivity index (χ1n) is 9.48. The van der Waals surface area contributed by atoms with Gasteiger partial charge in [-0.05, 0) is 50.0 Å². The highest BCUT2D eigenvalue weighted by Gasteiger charge is 2.19. The van der Waals surface area contributed by atoms with Gasteiger partial charge in [0.2, 0.25) is 0 Å². The average molecular weight is 341 g/mol. The normalized spacial score (nSPS) is 19.0. The second kappa shape index (κ2) is 7.58. The van der Waals surface area contributed by atoms with Gasteiger partial charge in [0.05, 0.1) is 12.8 Å². The molecule has 134 valence electrons. The molecule has 2 aliphatic heterocycles. The molecule has 0 radical (unpaired) electrons.